The molecule has 1 aliphatic heterocycles. The van der Waals surface area contributed by atoms with Gasteiger partial charge in [-0.2, -0.15) is 5.10 Å². The van der Waals surface area contributed by atoms with E-state index in [1.807, 2.05) is 41.9 Å². The summed E-state index contributed by atoms with van der Waals surface area (Å²) >= 11 is 0. The molecule has 5 heteroatoms. The topological polar surface area (TPSA) is 59.0 Å². The monoisotopic (exact) mass is 326 g/mol. The summed E-state index contributed by atoms with van der Waals surface area (Å²) in [6, 6.07) is 10.1. The molecule has 0 aliphatic carbocycles. The molecule has 1 aliphatic rings. The lowest BCUT2D eigenvalue weighted by molar-refractivity contribution is -0.121. The molecular formula is C19H26N4O. The second-order valence-corrected chi connectivity index (χ2v) is 6.57. The average molecular weight is 326 g/mol. The predicted octanol–water partition coefficient (Wildman–Crippen LogP) is 2.50. The zero-order valence-corrected chi connectivity index (χ0v) is 14.5. The molecule has 1 atom stereocenters. The van der Waals surface area contributed by atoms with Crippen molar-refractivity contribution in [2.45, 2.75) is 39.7 Å². The van der Waals surface area contributed by atoms with Crippen molar-refractivity contribution in [1.82, 2.24) is 20.4 Å². The van der Waals surface area contributed by atoms with E-state index in [4.69, 9.17) is 0 Å². The summed E-state index contributed by atoms with van der Waals surface area (Å²) in [5.74, 6) is 0.785. The number of para-hydroxylation sites is 1. The van der Waals surface area contributed by atoms with Crippen molar-refractivity contribution in [3.8, 4) is 5.69 Å². The summed E-state index contributed by atoms with van der Waals surface area (Å²) < 4.78 is 1.95. The first kappa shape index (κ1) is 16.7. The molecule has 5 nitrogen and oxygen atoms in total. The van der Waals surface area contributed by atoms with Crippen LogP contribution in [0.5, 0.6) is 0 Å². The Bertz CT molecular complexity index is 687. The molecule has 1 aromatic heterocycles. The van der Waals surface area contributed by atoms with Crippen LogP contribution in [0.3, 0.4) is 0 Å². The predicted molar refractivity (Wildman–Crippen MR) is 95.1 cm³/mol. The van der Waals surface area contributed by atoms with Gasteiger partial charge < -0.3 is 10.6 Å². The van der Waals surface area contributed by atoms with Crippen LogP contribution in [-0.4, -0.2) is 28.8 Å². The van der Waals surface area contributed by atoms with Gasteiger partial charge in [-0.25, -0.2) is 4.68 Å². The second kappa shape index (κ2) is 7.62. The fourth-order valence-electron chi connectivity index (χ4n) is 3.32. The number of hydrogen-bond donors (Lipinski definition) is 2. The van der Waals surface area contributed by atoms with Crippen molar-refractivity contribution >= 4 is 5.91 Å². The van der Waals surface area contributed by atoms with Gasteiger partial charge in [0.2, 0.25) is 5.91 Å². The molecule has 0 spiro atoms. The van der Waals surface area contributed by atoms with E-state index >= 15 is 0 Å². The molecular weight excluding hydrogens is 300 g/mol. The SMILES string of the molecule is Cc1nn(-c2ccccc2)c(C)c1CNC(=O)CCC1CCNC1. The number of amides is 1. The van der Waals surface area contributed by atoms with Gasteiger partial charge in [0.15, 0.2) is 0 Å². The largest absolute Gasteiger partial charge is 0.352 e. The Morgan fingerprint density at radius 1 is 1.33 bits per heavy atom. The highest BCUT2D eigenvalue weighted by atomic mass is 16.1. The van der Waals surface area contributed by atoms with Crippen LogP contribution in [0.4, 0.5) is 0 Å². The molecule has 0 radical (unpaired) electrons. The molecule has 0 bridgehead atoms. The highest BCUT2D eigenvalue weighted by Crippen LogP contribution is 2.18. The van der Waals surface area contributed by atoms with Crippen molar-refractivity contribution in [2.75, 3.05) is 13.1 Å². The van der Waals surface area contributed by atoms with Gasteiger partial charge in [-0.15, -0.1) is 0 Å². The Labute approximate surface area is 143 Å². The van der Waals surface area contributed by atoms with Crippen LogP contribution in [0.1, 0.15) is 36.2 Å². The lowest BCUT2D eigenvalue weighted by atomic mass is 10.0. The van der Waals surface area contributed by atoms with E-state index in [0.29, 0.717) is 18.9 Å². The standard InChI is InChI=1S/C19H26N4O/c1-14-18(13-21-19(24)9-8-16-10-11-20-12-16)15(2)23(22-14)17-6-4-3-5-7-17/h3-7,16,20H,8-13H2,1-2H3,(H,21,24). The molecule has 0 saturated carbocycles. The van der Waals surface area contributed by atoms with Crippen LogP contribution in [0.25, 0.3) is 5.69 Å². The smallest absolute Gasteiger partial charge is 0.220 e. The van der Waals surface area contributed by atoms with Gasteiger partial charge >= 0.3 is 0 Å². The highest BCUT2D eigenvalue weighted by Gasteiger charge is 2.17. The molecule has 1 unspecified atom stereocenters. The minimum atomic E-state index is 0.133. The first-order valence-corrected chi connectivity index (χ1v) is 8.73. The van der Waals surface area contributed by atoms with Crippen LogP contribution in [0.2, 0.25) is 0 Å². The third-order valence-electron chi connectivity index (χ3n) is 4.85. The summed E-state index contributed by atoms with van der Waals surface area (Å²) in [7, 11) is 0. The summed E-state index contributed by atoms with van der Waals surface area (Å²) in [4.78, 5) is 12.1. The first-order valence-electron chi connectivity index (χ1n) is 8.73. The number of carbonyl (C=O) groups is 1. The van der Waals surface area contributed by atoms with Crippen LogP contribution >= 0.6 is 0 Å². The number of rotatable bonds is 6. The van der Waals surface area contributed by atoms with Gasteiger partial charge in [-0.3, -0.25) is 4.79 Å². The lowest BCUT2D eigenvalue weighted by Crippen LogP contribution is -2.24. The normalized spacial score (nSPS) is 17.2. The van der Waals surface area contributed by atoms with E-state index in [0.717, 1.165) is 42.1 Å². The third kappa shape index (κ3) is 3.85. The molecule has 2 heterocycles. The molecule has 1 saturated heterocycles. The molecule has 2 N–H and O–H groups in total. The second-order valence-electron chi connectivity index (χ2n) is 6.57. The van der Waals surface area contributed by atoms with Crippen LogP contribution < -0.4 is 10.6 Å². The van der Waals surface area contributed by atoms with E-state index in [1.165, 1.54) is 6.42 Å². The molecule has 2 aromatic rings. The van der Waals surface area contributed by atoms with Crippen molar-refractivity contribution < 1.29 is 4.79 Å². The van der Waals surface area contributed by atoms with Crippen LogP contribution in [0, 0.1) is 19.8 Å². The van der Waals surface area contributed by atoms with Gasteiger partial charge in [-0.1, -0.05) is 18.2 Å². The average Bonchev–Trinajstić information content (AvgIpc) is 3.21. The zero-order chi connectivity index (χ0) is 16.9. The molecule has 24 heavy (non-hydrogen) atoms. The van der Waals surface area contributed by atoms with Gasteiger partial charge in [-0.05, 0) is 57.8 Å². The van der Waals surface area contributed by atoms with Crippen LogP contribution in [0.15, 0.2) is 30.3 Å². The van der Waals surface area contributed by atoms with Gasteiger partial charge in [0, 0.05) is 24.2 Å². The molecule has 1 fully saturated rings. The molecule has 3 rings (SSSR count). The number of aromatic nitrogens is 2. The van der Waals surface area contributed by atoms with Crippen molar-refractivity contribution in [3.63, 3.8) is 0 Å². The van der Waals surface area contributed by atoms with Crippen LogP contribution in [-0.2, 0) is 11.3 Å². The number of nitrogens with one attached hydrogen (secondary N) is 2. The van der Waals surface area contributed by atoms with Crippen molar-refractivity contribution in [1.29, 1.82) is 0 Å². The lowest BCUT2D eigenvalue weighted by Gasteiger charge is -2.09. The van der Waals surface area contributed by atoms with E-state index in [1.54, 1.807) is 0 Å². The summed E-state index contributed by atoms with van der Waals surface area (Å²) in [6.45, 7) is 6.74. The number of carbonyl (C=O) groups excluding carboxylic acids is 1. The van der Waals surface area contributed by atoms with Crippen molar-refractivity contribution in [2.24, 2.45) is 5.92 Å². The van der Waals surface area contributed by atoms with E-state index in [-0.39, 0.29) is 5.91 Å². The Morgan fingerprint density at radius 2 is 2.12 bits per heavy atom. The first-order chi connectivity index (χ1) is 11.6. The number of hydrogen-bond acceptors (Lipinski definition) is 3. The molecule has 1 amide bonds. The maximum atomic E-state index is 12.1. The Hall–Kier alpha value is -2.14. The summed E-state index contributed by atoms with van der Waals surface area (Å²) in [5, 5.41) is 11.0. The minimum absolute atomic E-state index is 0.133. The van der Waals surface area contributed by atoms with Crippen molar-refractivity contribution in [3.05, 3.63) is 47.3 Å². The van der Waals surface area contributed by atoms with Gasteiger partial charge in [0.25, 0.3) is 0 Å². The summed E-state index contributed by atoms with van der Waals surface area (Å²) in [5.41, 5.74) is 4.20. The fourth-order valence-corrected chi connectivity index (χ4v) is 3.32. The highest BCUT2D eigenvalue weighted by molar-refractivity contribution is 5.75. The fraction of sp³-hybridized carbons (Fsp3) is 0.474. The Kier molecular flexibility index (Phi) is 5.30. The van der Waals surface area contributed by atoms with E-state index in [9.17, 15) is 4.79 Å². The molecule has 1 aromatic carbocycles. The number of nitrogens with zero attached hydrogens (tertiary/aromatic N) is 2. The zero-order valence-electron chi connectivity index (χ0n) is 14.5. The Morgan fingerprint density at radius 3 is 2.83 bits per heavy atom. The van der Waals surface area contributed by atoms with Gasteiger partial charge in [0.1, 0.15) is 0 Å². The summed E-state index contributed by atoms with van der Waals surface area (Å²) in [6.07, 6.45) is 2.77. The van der Waals surface area contributed by atoms with E-state index in [2.05, 4.69) is 22.7 Å². The van der Waals surface area contributed by atoms with E-state index < -0.39 is 0 Å². The van der Waals surface area contributed by atoms with Gasteiger partial charge in [0.05, 0.1) is 11.4 Å². The Balaban J connectivity index is 1.59. The maximum absolute atomic E-state index is 12.1. The quantitative estimate of drug-likeness (QED) is 0.857. The number of aryl methyl sites for hydroxylation is 1. The number of benzene rings is 1. The molecule has 128 valence electrons. The maximum Gasteiger partial charge on any atom is 0.220 e. The third-order valence-corrected chi connectivity index (χ3v) is 4.85. The minimum Gasteiger partial charge on any atom is -0.352 e.